The molecule has 0 saturated carbocycles. The molecule has 114 valence electrons. The molecule has 4 rings (SSSR count). The number of hydrogen-bond donors (Lipinski definition) is 1. The van der Waals surface area contributed by atoms with E-state index in [1.165, 1.54) is 11.3 Å². The Morgan fingerprint density at radius 1 is 1.14 bits per heavy atom. The third kappa shape index (κ3) is 1.75. The van der Waals surface area contributed by atoms with E-state index in [1.54, 1.807) is 7.11 Å². The number of methoxy groups -OCH3 is 1. The van der Waals surface area contributed by atoms with Gasteiger partial charge in [0.1, 0.15) is 11.5 Å². The van der Waals surface area contributed by atoms with E-state index in [0.717, 1.165) is 23.7 Å². The number of para-hydroxylation sites is 1. The van der Waals surface area contributed by atoms with Gasteiger partial charge in [-0.25, -0.2) is 0 Å². The summed E-state index contributed by atoms with van der Waals surface area (Å²) in [5, 5.41) is 3.73. The van der Waals surface area contributed by atoms with Crippen molar-refractivity contribution in [3.05, 3.63) is 53.6 Å². The average molecular weight is 295 g/mol. The van der Waals surface area contributed by atoms with E-state index in [4.69, 9.17) is 9.47 Å². The first-order chi connectivity index (χ1) is 10.6. The Bertz CT molecular complexity index is 709. The summed E-state index contributed by atoms with van der Waals surface area (Å²) >= 11 is 0. The van der Waals surface area contributed by atoms with Gasteiger partial charge in [0.05, 0.1) is 25.3 Å². The van der Waals surface area contributed by atoms with Crippen LogP contribution in [-0.2, 0) is 5.41 Å². The van der Waals surface area contributed by atoms with Gasteiger partial charge >= 0.3 is 0 Å². The SMILES string of the molecule is COc1cccc2c1[C@H]1Nc3ccccc3C(C)(C)[C@H]1CO2. The summed E-state index contributed by atoms with van der Waals surface area (Å²) in [6.45, 7) is 5.35. The van der Waals surface area contributed by atoms with Crippen LogP contribution >= 0.6 is 0 Å². The highest BCUT2D eigenvalue weighted by Crippen LogP contribution is 2.53. The van der Waals surface area contributed by atoms with Gasteiger partial charge in [-0.2, -0.15) is 0 Å². The molecule has 0 saturated heterocycles. The van der Waals surface area contributed by atoms with Gasteiger partial charge in [-0.15, -0.1) is 0 Å². The minimum atomic E-state index is 0.0467. The van der Waals surface area contributed by atoms with Crippen LogP contribution in [0.25, 0.3) is 0 Å². The molecule has 2 aliphatic heterocycles. The minimum absolute atomic E-state index is 0.0467. The van der Waals surface area contributed by atoms with Crippen LogP contribution in [0, 0.1) is 5.92 Å². The van der Waals surface area contributed by atoms with Gasteiger partial charge in [-0.05, 0) is 23.8 Å². The predicted molar refractivity (Wildman–Crippen MR) is 87.8 cm³/mol. The molecule has 2 aliphatic rings. The summed E-state index contributed by atoms with van der Waals surface area (Å²) in [4.78, 5) is 0. The zero-order chi connectivity index (χ0) is 15.3. The van der Waals surface area contributed by atoms with Crippen LogP contribution in [0.1, 0.15) is 31.0 Å². The van der Waals surface area contributed by atoms with Crippen molar-refractivity contribution >= 4 is 5.69 Å². The highest BCUT2D eigenvalue weighted by molar-refractivity contribution is 5.62. The van der Waals surface area contributed by atoms with Crippen LogP contribution < -0.4 is 14.8 Å². The van der Waals surface area contributed by atoms with Crippen molar-refractivity contribution in [3.8, 4) is 11.5 Å². The predicted octanol–water partition coefficient (Wildman–Crippen LogP) is 4.15. The summed E-state index contributed by atoms with van der Waals surface area (Å²) in [5.41, 5.74) is 3.76. The lowest BCUT2D eigenvalue weighted by Gasteiger charge is -2.48. The highest BCUT2D eigenvalue weighted by Gasteiger charge is 2.47. The zero-order valence-electron chi connectivity index (χ0n) is 13.2. The molecule has 0 amide bonds. The fraction of sp³-hybridized carbons (Fsp3) is 0.368. The van der Waals surface area contributed by atoms with Crippen molar-refractivity contribution in [2.45, 2.75) is 25.3 Å². The maximum Gasteiger partial charge on any atom is 0.128 e. The smallest absolute Gasteiger partial charge is 0.128 e. The van der Waals surface area contributed by atoms with E-state index >= 15 is 0 Å². The molecule has 0 bridgehead atoms. The number of ether oxygens (including phenoxy) is 2. The first-order valence-electron chi connectivity index (χ1n) is 7.78. The summed E-state index contributed by atoms with van der Waals surface area (Å²) in [7, 11) is 1.72. The van der Waals surface area contributed by atoms with Gasteiger partial charge in [-0.1, -0.05) is 38.1 Å². The maximum atomic E-state index is 6.07. The maximum absolute atomic E-state index is 6.07. The first kappa shape index (κ1) is 13.5. The second-order valence-corrected chi connectivity index (χ2v) is 6.68. The summed E-state index contributed by atoms with van der Waals surface area (Å²) < 4.78 is 11.7. The molecule has 0 fully saturated rings. The minimum Gasteiger partial charge on any atom is -0.496 e. The second-order valence-electron chi connectivity index (χ2n) is 6.68. The Balaban J connectivity index is 1.90. The molecule has 1 N–H and O–H groups in total. The van der Waals surface area contributed by atoms with E-state index in [9.17, 15) is 0 Å². The molecule has 2 aromatic carbocycles. The van der Waals surface area contributed by atoms with Crippen molar-refractivity contribution < 1.29 is 9.47 Å². The largest absolute Gasteiger partial charge is 0.496 e. The number of benzene rings is 2. The van der Waals surface area contributed by atoms with Crippen molar-refractivity contribution in [1.29, 1.82) is 0 Å². The molecular weight excluding hydrogens is 274 g/mol. The summed E-state index contributed by atoms with van der Waals surface area (Å²) in [5.74, 6) is 2.20. The summed E-state index contributed by atoms with van der Waals surface area (Å²) in [6, 6.07) is 14.8. The first-order valence-corrected chi connectivity index (χ1v) is 7.78. The number of anilines is 1. The van der Waals surface area contributed by atoms with Gasteiger partial charge in [0.15, 0.2) is 0 Å². The molecule has 0 spiro atoms. The molecule has 2 heterocycles. The van der Waals surface area contributed by atoms with Gasteiger partial charge in [0.2, 0.25) is 0 Å². The average Bonchev–Trinajstić information content (AvgIpc) is 2.54. The van der Waals surface area contributed by atoms with Gasteiger partial charge < -0.3 is 14.8 Å². The third-order valence-corrected chi connectivity index (χ3v) is 5.24. The molecule has 2 aromatic rings. The van der Waals surface area contributed by atoms with Crippen LogP contribution in [0.15, 0.2) is 42.5 Å². The monoisotopic (exact) mass is 295 g/mol. The molecule has 2 atom stereocenters. The molecule has 0 aromatic heterocycles. The topological polar surface area (TPSA) is 30.5 Å². The number of hydrogen-bond acceptors (Lipinski definition) is 3. The van der Waals surface area contributed by atoms with Crippen molar-refractivity contribution in [1.82, 2.24) is 0 Å². The van der Waals surface area contributed by atoms with E-state index in [0.29, 0.717) is 5.92 Å². The Morgan fingerprint density at radius 2 is 1.95 bits per heavy atom. The Labute approximate surface area is 131 Å². The lowest BCUT2D eigenvalue weighted by Crippen LogP contribution is -2.46. The van der Waals surface area contributed by atoms with E-state index in [1.807, 2.05) is 18.2 Å². The van der Waals surface area contributed by atoms with Crippen LogP contribution in [0.5, 0.6) is 11.5 Å². The van der Waals surface area contributed by atoms with Gasteiger partial charge in [0, 0.05) is 17.0 Å². The summed E-state index contributed by atoms with van der Waals surface area (Å²) in [6.07, 6.45) is 0. The quantitative estimate of drug-likeness (QED) is 0.857. The van der Waals surface area contributed by atoms with Crippen molar-refractivity contribution in [2.75, 3.05) is 19.0 Å². The highest BCUT2D eigenvalue weighted by atomic mass is 16.5. The number of rotatable bonds is 1. The molecule has 3 heteroatoms. The van der Waals surface area contributed by atoms with E-state index in [2.05, 4.69) is 43.4 Å². The third-order valence-electron chi connectivity index (χ3n) is 5.24. The fourth-order valence-corrected chi connectivity index (χ4v) is 3.95. The molecule has 0 aliphatic carbocycles. The van der Waals surface area contributed by atoms with Crippen LogP contribution in [-0.4, -0.2) is 13.7 Å². The molecule has 3 nitrogen and oxygen atoms in total. The molecular formula is C19H21NO2. The fourth-order valence-electron chi connectivity index (χ4n) is 3.95. The normalized spacial score (nSPS) is 24.1. The zero-order valence-corrected chi connectivity index (χ0v) is 13.2. The van der Waals surface area contributed by atoms with Crippen molar-refractivity contribution in [3.63, 3.8) is 0 Å². The lowest BCUT2D eigenvalue weighted by atomic mass is 9.65. The Morgan fingerprint density at radius 3 is 2.77 bits per heavy atom. The second kappa shape index (κ2) is 4.67. The Kier molecular flexibility index (Phi) is 2.86. The Hall–Kier alpha value is -2.16. The molecule has 0 radical (unpaired) electrons. The van der Waals surface area contributed by atoms with Crippen LogP contribution in [0.2, 0.25) is 0 Å². The van der Waals surface area contributed by atoms with Crippen molar-refractivity contribution in [2.24, 2.45) is 5.92 Å². The lowest BCUT2D eigenvalue weighted by molar-refractivity contribution is 0.133. The van der Waals surface area contributed by atoms with E-state index in [-0.39, 0.29) is 11.5 Å². The number of nitrogens with one attached hydrogen (secondary N) is 1. The van der Waals surface area contributed by atoms with Crippen LogP contribution in [0.3, 0.4) is 0 Å². The molecule has 0 unspecified atom stereocenters. The van der Waals surface area contributed by atoms with Gasteiger partial charge in [0.25, 0.3) is 0 Å². The van der Waals surface area contributed by atoms with Gasteiger partial charge in [-0.3, -0.25) is 0 Å². The van der Waals surface area contributed by atoms with E-state index < -0.39 is 0 Å². The molecule has 22 heavy (non-hydrogen) atoms. The van der Waals surface area contributed by atoms with Crippen LogP contribution in [0.4, 0.5) is 5.69 Å². The standard InChI is InChI=1S/C19H21NO2/c1-19(2)12-7-4-5-8-14(12)20-18-13(19)11-22-16-10-6-9-15(21-3)17(16)18/h4-10,13,18,20H,11H2,1-3H3/t13-,18-/m0/s1. The number of fused-ring (bicyclic) bond motifs is 4.